The number of nitrogens with zero attached hydrogens (tertiary/aromatic N) is 4. The zero-order valence-electron chi connectivity index (χ0n) is 15.4. The molecule has 7 nitrogen and oxygen atoms in total. The maximum atomic E-state index is 9.77. The molecule has 0 bridgehead atoms. The maximum absolute atomic E-state index is 9.77. The van der Waals surface area contributed by atoms with Crippen molar-refractivity contribution in [1.82, 2.24) is 20.3 Å². The number of hydrogen-bond donors (Lipinski definition) is 3. The lowest BCUT2D eigenvalue weighted by Crippen LogP contribution is -2.21. The van der Waals surface area contributed by atoms with E-state index in [1.54, 1.807) is 24.7 Å². The quantitative estimate of drug-likeness (QED) is 0.691. The van der Waals surface area contributed by atoms with Crippen LogP contribution in [-0.4, -0.2) is 21.0 Å². The third kappa shape index (κ3) is 4.18. The van der Waals surface area contributed by atoms with Gasteiger partial charge in [0.2, 0.25) is 5.95 Å². The van der Waals surface area contributed by atoms with Gasteiger partial charge in [-0.1, -0.05) is 18.9 Å². The Bertz CT molecular complexity index is 964. The second-order valence-corrected chi connectivity index (χ2v) is 6.72. The van der Waals surface area contributed by atoms with E-state index < -0.39 is 0 Å². The molecule has 2 aromatic rings. The van der Waals surface area contributed by atoms with Gasteiger partial charge in [-0.25, -0.2) is 9.97 Å². The number of anilines is 2. The molecule has 0 radical (unpaired) electrons. The molecular formula is C21H21N7. The average molecular weight is 371 g/mol. The highest BCUT2D eigenvalue weighted by Gasteiger charge is 2.17. The van der Waals surface area contributed by atoms with E-state index in [4.69, 9.17) is 0 Å². The zero-order valence-corrected chi connectivity index (χ0v) is 15.4. The fourth-order valence-electron chi connectivity index (χ4n) is 3.36. The van der Waals surface area contributed by atoms with E-state index in [0.717, 1.165) is 24.4 Å². The molecule has 0 atom stereocenters. The van der Waals surface area contributed by atoms with Gasteiger partial charge in [-0.2, -0.15) is 5.26 Å². The standard InChI is InChI=1S/C21H21N7/c22-13-17(19-10-12-24-21(28-19)26-15-5-1-2-6-15)18-8-3-9-20(27-18)25-16-7-4-11-23-14-16/h3-4,7-12,14-15,25,27H,1-2,5-6H2,(H,24,26,28)/b18-17+. The molecule has 28 heavy (non-hydrogen) atoms. The van der Waals surface area contributed by atoms with E-state index in [2.05, 4.69) is 37.0 Å². The maximum Gasteiger partial charge on any atom is 0.223 e. The fourth-order valence-corrected chi connectivity index (χ4v) is 3.36. The highest BCUT2D eigenvalue weighted by Crippen LogP contribution is 2.23. The number of nitrogens with one attached hydrogen (secondary N) is 3. The van der Waals surface area contributed by atoms with Gasteiger partial charge in [0.15, 0.2) is 0 Å². The SMILES string of the molecule is N#C/C(=C1/C=CC=C(Nc2cccnc2)N1)c1ccnc(NC2CCCC2)n1. The van der Waals surface area contributed by atoms with Crippen LogP contribution in [0.15, 0.2) is 66.5 Å². The number of aromatic nitrogens is 3. The monoisotopic (exact) mass is 371 g/mol. The molecule has 0 saturated heterocycles. The first-order valence-corrected chi connectivity index (χ1v) is 9.38. The molecule has 0 aromatic carbocycles. The van der Waals surface area contributed by atoms with Gasteiger partial charge in [0, 0.05) is 18.4 Å². The van der Waals surface area contributed by atoms with Crippen molar-refractivity contribution in [2.24, 2.45) is 0 Å². The Morgan fingerprint density at radius 2 is 2.11 bits per heavy atom. The van der Waals surface area contributed by atoms with Gasteiger partial charge in [0.1, 0.15) is 17.5 Å². The number of dihydropyridines is 1. The summed E-state index contributed by atoms with van der Waals surface area (Å²) in [5.41, 5.74) is 2.60. The first-order chi connectivity index (χ1) is 13.8. The van der Waals surface area contributed by atoms with Crippen LogP contribution in [0.2, 0.25) is 0 Å². The second kappa shape index (κ2) is 8.35. The normalized spacial score (nSPS) is 18.0. The molecule has 0 amide bonds. The van der Waals surface area contributed by atoms with Gasteiger partial charge < -0.3 is 16.0 Å². The summed E-state index contributed by atoms with van der Waals surface area (Å²) >= 11 is 0. The average Bonchev–Trinajstić information content (AvgIpc) is 3.23. The first kappa shape index (κ1) is 17.7. The van der Waals surface area contributed by atoms with Crippen molar-refractivity contribution in [2.45, 2.75) is 31.7 Å². The Morgan fingerprint density at radius 3 is 2.89 bits per heavy atom. The van der Waals surface area contributed by atoms with E-state index in [1.165, 1.54) is 12.8 Å². The number of hydrogen-bond acceptors (Lipinski definition) is 7. The predicted octanol–water partition coefficient (Wildman–Crippen LogP) is 3.57. The van der Waals surface area contributed by atoms with E-state index >= 15 is 0 Å². The second-order valence-electron chi connectivity index (χ2n) is 6.72. The van der Waals surface area contributed by atoms with Crippen molar-refractivity contribution in [3.8, 4) is 6.07 Å². The fraction of sp³-hybridized carbons (Fsp3) is 0.238. The largest absolute Gasteiger partial charge is 0.351 e. The van der Waals surface area contributed by atoms with Crippen molar-refractivity contribution < 1.29 is 0 Å². The van der Waals surface area contributed by atoms with E-state index in [9.17, 15) is 5.26 Å². The summed E-state index contributed by atoms with van der Waals surface area (Å²) in [6.07, 6.45) is 15.5. The summed E-state index contributed by atoms with van der Waals surface area (Å²) < 4.78 is 0. The molecule has 140 valence electrons. The van der Waals surface area contributed by atoms with E-state index in [1.807, 2.05) is 30.4 Å². The van der Waals surface area contributed by atoms with Crippen LogP contribution in [0.5, 0.6) is 0 Å². The highest BCUT2D eigenvalue weighted by atomic mass is 15.1. The topological polar surface area (TPSA) is 98.5 Å². The van der Waals surface area contributed by atoms with Crippen molar-refractivity contribution in [2.75, 3.05) is 10.6 Å². The number of pyridine rings is 1. The third-order valence-corrected chi connectivity index (χ3v) is 4.72. The first-order valence-electron chi connectivity index (χ1n) is 9.38. The number of allylic oxidation sites excluding steroid dienone is 4. The molecular weight excluding hydrogens is 350 g/mol. The van der Waals surface area contributed by atoms with Crippen LogP contribution in [0, 0.1) is 11.3 Å². The Kier molecular flexibility index (Phi) is 5.29. The zero-order chi connectivity index (χ0) is 19.2. The van der Waals surface area contributed by atoms with Crippen molar-refractivity contribution in [3.05, 3.63) is 72.2 Å². The molecule has 1 aliphatic carbocycles. The molecule has 3 N–H and O–H groups in total. The van der Waals surface area contributed by atoms with Crippen molar-refractivity contribution >= 4 is 17.2 Å². The Hall–Kier alpha value is -3.66. The molecule has 1 fully saturated rings. The summed E-state index contributed by atoms with van der Waals surface area (Å²) in [6, 6.07) is 8.23. The molecule has 2 aromatic heterocycles. The van der Waals surface area contributed by atoms with Crippen LogP contribution in [0.1, 0.15) is 31.4 Å². The van der Waals surface area contributed by atoms with Crippen LogP contribution >= 0.6 is 0 Å². The minimum atomic E-state index is 0.416. The molecule has 4 rings (SSSR count). The van der Waals surface area contributed by atoms with Crippen molar-refractivity contribution in [1.29, 1.82) is 5.26 Å². The van der Waals surface area contributed by atoms with Gasteiger partial charge in [0.05, 0.1) is 23.3 Å². The molecule has 3 heterocycles. The van der Waals surface area contributed by atoms with Crippen LogP contribution in [0.25, 0.3) is 5.57 Å². The van der Waals surface area contributed by atoms with Crippen LogP contribution < -0.4 is 16.0 Å². The molecule has 7 heteroatoms. The van der Waals surface area contributed by atoms with Crippen LogP contribution in [0.3, 0.4) is 0 Å². The molecule has 0 unspecified atom stereocenters. The smallest absolute Gasteiger partial charge is 0.223 e. The summed E-state index contributed by atoms with van der Waals surface area (Å²) in [5, 5.41) is 19.7. The molecule has 2 aliphatic rings. The van der Waals surface area contributed by atoms with Gasteiger partial charge >= 0.3 is 0 Å². The summed E-state index contributed by atoms with van der Waals surface area (Å²) in [5.74, 6) is 1.33. The third-order valence-electron chi connectivity index (χ3n) is 4.72. The van der Waals surface area contributed by atoms with E-state index in [-0.39, 0.29) is 0 Å². The predicted molar refractivity (Wildman–Crippen MR) is 109 cm³/mol. The molecule has 0 spiro atoms. The lowest BCUT2D eigenvalue weighted by molar-refractivity contribution is 0.743. The molecule has 1 saturated carbocycles. The van der Waals surface area contributed by atoms with Crippen molar-refractivity contribution in [3.63, 3.8) is 0 Å². The minimum absolute atomic E-state index is 0.416. The minimum Gasteiger partial charge on any atom is -0.351 e. The van der Waals surface area contributed by atoms with Gasteiger partial charge in [-0.15, -0.1) is 0 Å². The highest BCUT2D eigenvalue weighted by molar-refractivity contribution is 5.79. The summed E-state index contributed by atoms with van der Waals surface area (Å²) in [4.78, 5) is 13.0. The van der Waals surface area contributed by atoms with Gasteiger partial charge in [-0.05, 0) is 43.2 Å². The Labute approximate surface area is 163 Å². The Morgan fingerprint density at radius 1 is 1.21 bits per heavy atom. The van der Waals surface area contributed by atoms with Gasteiger partial charge in [0.25, 0.3) is 0 Å². The van der Waals surface area contributed by atoms with Crippen LogP contribution in [0.4, 0.5) is 11.6 Å². The van der Waals surface area contributed by atoms with E-state index in [0.29, 0.717) is 29.0 Å². The van der Waals surface area contributed by atoms with Crippen LogP contribution in [-0.2, 0) is 0 Å². The molecule has 1 aliphatic heterocycles. The summed E-state index contributed by atoms with van der Waals surface area (Å²) in [6.45, 7) is 0. The lowest BCUT2D eigenvalue weighted by Gasteiger charge is -2.18. The number of nitriles is 1. The lowest BCUT2D eigenvalue weighted by atomic mass is 10.1. The van der Waals surface area contributed by atoms with Gasteiger partial charge in [-0.3, -0.25) is 4.98 Å². The summed E-state index contributed by atoms with van der Waals surface area (Å²) in [7, 11) is 0. The Balaban J connectivity index is 1.54. The number of rotatable bonds is 5.